The van der Waals surface area contributed by atoms with Gasteiger partial charge in [0.05, 0.1) is 4.90 Å². The van der Waals surface area contributed by atoms with Crippen molar-refractivity contribution in [2.45, 2.75) is 4.90 Å². The second-order valence-electron chi connectivity index (χ2n) is 3.12. The van der Waals surface area contributed by atoms with E-state index in [1.165, 1.54) is 24.3 Å². The van der Waals surface area contributed by atoms with Gasteiger partial charge in [-0.2, -0.15) is 0 Å². The van der Waals surface area contributed by atoms with Gasteiger partial charge in [0.2, 0.25) is 0 Å². The molecule has 0 unspecified atom stereocenters. The molecule has 0 aliphatic rings. The highest BCUT2D eigenvalue weighted by Crippen LogP contribution is 2.13. The average Bonchev–Trinajstić information content (AvgIpc) is 2.13. The predicted molar refractivity (Wildman–Crippen MR) is 63.4 cm³/mol. The summed E-state index contributed by atoms with van der Waals surface area (Å²) < 4.78 is 43.7. The lowest BCUT2D eigenvalue weighted by Gasteiger charge is -1.99. The highest BCUT2D eigenvalue weighted by molar-refractivity contribution is 8.16. The fourth-order valence-corrected chi connectivity index (χ4v) is 2.16. The van der Waals surface area contributed by atoms with E-state index in [4.69, 9.17) is 10.7 Å². The minimum Gasteiger partial charge on any atom is -0.224 e. The van der Waals surface area contributed by atoms with Crippen LogP contribution in [0.1, 0.15) is 5.56 Å². The van der Waals surface area contributed by atoms with Crippen molar-refractivity contribution < 1.29 is 16.8 Å². The van der Waals surface area contributed by atoms with Crippen molar-refractivity contribution in [2.24, 2.45) is 0 Å². The number of sulfone groups is 1. The molecule has 0 radical (unpaired) electrons. The van der Waals surface area contributed by atoms with Gasteiger partial charge in [0, 0.05) is 22.3 Å². The van der Waals surface area contributed by atoms with Crippen LogP contribution >= 0.6 is 10.7 Å². The molecule has 4 nitrogen and oxygen atoms in total. The van der Waals surface area contributed by atoms with Crippen molar-refractivity contribution in [3.05, 3.63) is 35.2 Å². The molecule has 0 spiro atoms. The van der Waals surface area contributed by atoms with Crippen LogP contribution in [0.25, 0.3) is 6.08 Å². The fraction of sp³-hybridized carbons (Fsp3) is 0.111. The van der Waals surface area contributed by atoms with Gasteiger partial charge in [0.1, 0.15) is 0 Å². The molecule has 0 heterocycles. The molecule has 0 saturated heterocycles. The summed E-state index contributed by atoms with van der Waals surface area (Å²) in [5, 5.41) is 0.802. The van der Waals surface area contributed by atoms with Gasteiger partial charge in [0.25, 0.3) is 9.05 Å². The topological polar surface area (TPSA) is 68.3 Å². The molecule has 1 rings (SSSR count). The maximum absolute atomic E-state index is 11.2. The van der Waals surface area contributed by atoms with Crippen molar-refractivity contribution in [3.63, 3.8) is 0 Å². The molecule has 0 saturated carbocycles. The number of halogens is 1. The zero-order valence-electron chi connectivity index (χ0n) is 8.29. The van der Waals surface area contributed by atoms with Crippen LogP contribution in [-0.2, 0) is 18.9 Å². The summed E-state index contributed by atoms with van der Waals surface area (Å²) in [5.74, 6) is 0. The van der Waals surface area contributed by atoms with Crippen molar-refractivity contribution in [3.8, 4) is 0 Å². The number of hydrogen-bond acceptors (Lipinski definition) is 4. The van der Waals surface area contributed by atoms with Gasteiger partial charge in [-0.25, -0.2) is 16.8 Å². The van der Waals surface area contributed by atoms with E-state index in [1.807, 2.05) is 0 Å². The van der Waals surface area contributed by atoms with E-state index in [0.29, 0.717) is 5.56 Å². The fourth-order valence-electron chi connectivity index (χ4n) is 1.01. The third kappa shape index (κ3) is 4.34. The second kappa shape index (κ2) is 4.57. The first-order chi connectivity index (χ1) is 7.18. The molecule has 0 amide bonds. The van der Waals surface area contributed by atoms with Crippen LogP contribution in [0.3, 0.4) is 0 Å². The summed E-state index contributed by atoms with van der Waals surface area (Å²) in [6, 6.07) is 5.90. The third-order valence-corrected chi connectivity index (χ3v) is 3.59. The summed E-state index contributed by atoms with van der Waals surface area (Å²) in [5.41, 5.74) is 0.451. The molecule has 0 bridgehead atoms. The molecule has 0 aliphatic carbocycles. The van der Waals surface area contributed by atoms with Gasteiger partial charge in [-0.05, 0) is 23.8 Å². The van der Waals surface area contributed by atoms with Crippen LogP contribution in [0.4, 0.5) is 0 Å². The van der Waals surface area contributed by atoms with E-state index >= 15 is 0 Å². The minimum absolute atomic E-state index is 0.127. The van der Waals surface area contributed by atoms with Crippen LogP contribution in [0.5, 0.6) is 0 Å². The minimum atomic E-state index is -3.73. The van der Waals surface area contributed by atoms with Gasteiger partial charge < -0.3 is 0 Å². The first-order valence-electron chi connectivity index (χ1n) is 4.11. The Kier molecular flexibility index (Phi) is 3.77. The molecule has 0 atom stereocenters. The van der Waals surface area contributed by atoms with E-state index in [0.717, 1.165) is 11.7 Å². The number of benzene rings is 1. The maximum atomic E-state index is 11.2. The van der Waals surface area contributed by atoms with Gasteiger partial charge in [-0.3, -0.25) is 0 Å². The maximum Gasteiger partial charge on any atom is 0.254 e. The molecule has 88 valence electrons. The Labute approximate surface area is 98.9 Å². The van der Waals surface area contributed by atoms with Gasteiger partial charge in [-0.1, -0.05) is 12.1 Å². The molecule has 0 fully saturated rings. The van der Waals surface area contributed by atoms with Crippen LogP contribution < -0.4 is 0 Å². The Morgan fingerprint density at radius 1 is 1.19 bits per heavy atom. The van der Waals surface area contributed by atoms with E-state index in [2.05, 4.69) is 0 Å². The molecule has 7 heteroatoms. The second-order valence-corrected chi connectivity index (χ2v) is 7.65. The first-order valence-corrected chi connectivity index (χ1v) is 8.38. The molecule has 16 heavy (non-hydrogen) atoms. The number of hydrogen-bond donors (Lipinski definition) is 0. The highest BCUT2D eigenvalue weighted by atomic mass is 35.7. The molecular weight excluding hydrogens is 272 g/mol. The molecule has 0 aliphatic heterocycles. The Hall–Kier alpha value is -0.850. The van der Waals surface area contributed by atoms with E-state index in [1.54, 1.807) is 6.07 Å². The van der Waals surface area contributed by atoms with Crippen molar-refractivity contribution in [1.82, 2.24) is 0 Å². The average molecular weight is 281 g/mol. The predicted octanol–water partition coefficient (Wildman–Crippen LogP) is 1.63. The Bertz CT molecular complexity index is 615. The number of rotatable bonds is 3. The highest BCUT2D eigenvalue weighted by Gasteiger charge is 2.06. The van der Waals surface area contributed by atoms with E-state index in [9.17, 15) is 16.8 Å². The third-order valence-electron chi connectivity index (χ3n) is 1.71. The van der Waals surface area contributed by atoms with E-state index in [-0.39, 0.29) is 4.90 Å². The Morgan fingerprint density at radius 2 is 1.81 bits per heavy atom. The van der Waals surface area contributed by atoms with E-state index < -0.39 is 18.9 Å². The Balaban J connectivity index is 3.15. The van der Waals surface area contributed by atoms with Gasteiger partial charge in [-0.15, -0.1) is 0 Å². The summed E-state index contributed by atoms with van der Waals surface area (Å²) >= 11 is 0. The lowest BCUT2D eigenvalue weighted by molar-refractivity contribution is 0.601. The zero-order chi connectivity index (χ0) is 12.4. The van der Waals surface area contributed by atoms with Crippen molar-refractivity contribution >= 4 is 35.6 Å². The lowest BCUT2D eigenvalue weighted by Crippen LogP contribution is -1.96. The Morgan fingerprint density at radius 3 is 2.31 bits per heavy atom. The normalized spacial score (nSPS) is 13.1. The van der Waals surface area contributed by atoms with Crippen molar-refractivity contribution in [1.29, 1.82) is 0 Å². The lowest BCUT2D eigenvalue weighted by atomic mass is 10.2. The van der Waals surface area contributed by atoms with Crippen molar-refractivity contribution in [2.75, 3.05) is 6.26 Å². The first kappa shape index (κ1) is 13.2. The molecule has 1 aromatic rings. The summed E-state index contributed by atoms with van der Waals surface area (Å²) in [4.78, 5) is 0.127. The molecule has 1 aromatic carbocycles. The largest absolute Gasteiger partial charge is 0.254 e. The van der Waals surface area contributed by atoms with Crippen LogP contribution in [0, 0.1) is 0 Å². The van der Waals surface area contributed by atoms with Crippen LogP contribution in [0.2, 0.25) is 0 Å². The SMILES string of the molecule is CS(=O)(=O)c1cccc(/C=C/S(=O)(=O)Cl)c1. The standard InChI is InChI=1S/C9H9ClO4S2/c1-15(11,12)9-4-2-3-8(7-9)5-6-16(10,13)14/h2-7H,1H3/b6-5+. The molecular formula is C9H9ClO4S2. The molecule has 0 aromatic heterocycles. The van der Waals surface area contributed by atoms with Crippen LogP contribution in [0.15, 0.2) is 34.6 Å². The monoisotopic (exact) mass is 280 g/mol. The molecule has 0 N–H and O–H groups in total. The summed E-state index contributed by atoms with van der Waals surface area (Å²) in [6.45, 7) is 0. The zero-order valence-corrected chi connectivity index (χ0v) is 10.7. The summed E-state index contributed by atoms with van der Waals surface area (Å²) in [7, 11) is -2.04. The summed E-state index contributed by atoms with van der Waals surface area (Å²) in [6.07, 6.45) is 2.31. The van der Waals surface area contributed by atoms with Gasteiger partial charge >= 0.3 is 0 Å². The quantitative estimate of drug-likeness (QED) is 0.789. The smallest absolute Gasteiger partial charge is 0.224 e. The van der Waals surface area contributed by atoms with Gasteiger partial charge in [0.15, 0.2) is 9.84 Å². The van der Waals surface area contributed by atoms with Crippen LogP contribution in [-0.4, -0.2) is 23.1 Å².